The molecule has 0 spiro atoms. The van der Waals surface area contributed by atoms with Gasteiger partial charge in [-0.2, -0.15) is 0 Å². The average molecular weight is 374 g/mol. The Balaban J connectivity index is 2.06. The minimum Gasteiger partial charge on any atom is -0.495 e. The highest BCUT2D eigenvalue weighted by atomic mass is 32.2. The van der Waals surface area contributed by atoms with Crippen molar-refractivity contribution in [2.45, 2.75) is 32.9 Å². The maximum atomic E-state index is 12.3. The van der Waals surface area contributed by atoms with Crippen molar-refractivity contribution < 1.29 is 14.3 Å². The minimum atomic E-state index is -0.215. The van der Waals surface area contributed by atoms with Gasteiger partial charge in [0, 0.05) is 24.0 Å². The van der Waals surface area contributed by atoms with Crippen LogP contribution in [0, 0.1) is 20.8 Å². The summed E-state index contributed by atoms with van der Waals surface area (Å²) in [7, 11) is 1.52. The van der Waals surface area contributed by atoms with Gasteiger partial charge in [0.2, 0.25) is 11.8 Å². The predicted octanol–water partition coefficient (Wildman–Crippen LogP) is 3.10. The van der Waals surface area contributed by atoms with E-state index in [1.165, 1.54) is 25.8 Å². The van der Waals surface area contributed by atoms with Gasteiger partial charge in [-0.1, -0.05) is 11.8 Å². The van der Waals surface area contributed by atoms with Crippen LogP contribution in [-0.2, 0) is 9.59 Å². The molecule has 1 aromatic heterocycles. The third-order valence-corrected chi connectivity index (χ3v) is 4.59. The molecule has 2 aromatic rings. The number of hydrogen-bond donors (Lipinski definition) is 2. The van der Waals surface area contributed by atoms with Gasteiger partial charge in [-0.25, -0.2) is 9.97 Å². The summed E-state index contributed by atoms with van der Waals surface area (Å²) >= 11 is 1.27. The van der Waals surface area contributed by atoms with Crippen molar-refractivity contribution in [2.24, 2.45) is 0 Å². The summed E-state index contributed by atoms with van der Waals surface area (Å²) in [6.07, 6.45) is 0. The number of aryl methyl sites for hydroxylation is 2. The highest BCUT2D eigenvalue weighted by Crippen LogP contribution is 2.28. The van der Waals surface area contributed by atoms with Crippen LogP contribution in [0.1, 0.15) is 23.9 Å². The third kappa shape index (κ3) is 5.19. The molecule has 0 saturated carbocycles. The molecule has 0 bridgehead atoms. The van der Waals surface area contributed by atoms with Gasteiger partial charge in [0.05, 0.1) is 18.6 Å². The van der Waals surface area contributed by atoms with Crippen LogP contribution in [0.25, 0.3) is 0 Å². The molecule has 138 valence electrons. The molecular weight excluding hydrogens is 352 g/mol. The van der Waals surface area contributed by atoms with Crippen molar-refractivity contribution >= 4 is 35.0 Å². The van der Waals surface area contributed by atoms with E-state index >= 15 is 0 Å². The number of benzene rings is 1. The summed E-state index contributed by atoms with van der Waals surface area (Å²) in [6, 6.07) is 5.04. The third-order valence-electron chi connectivity index (χ3n) is 3.74. The molecule has 0 saturated heterocycles. The maximum Gasteiger partial charge on any atom is 0.234 e. The summed E-state index contributed by atoms with van der Waals surface area (Å²) in [4.78, 5) is 32.3. The van der Waals surface area contributed by atoms with Crippen LogP contribution in [-0.4, -0.2) is 34.6 Å². The SMILES string of the molecule is COc1ccc(NC(C)=O)cc1NC(=O)CSc1nc(C)c(C)c(C)n1. The van der Waals surface area contributed by atoms with Crippen molar-refractivity contribution in [2.75, 3.05) is 23.5 Å². The van der Waals surface area contributed by atoms with E-state index in [0.717, 1.165) is 17.0 Å². The fraction of sp³-hybridized carbons (Fsp3) is 0.333. The number of amides is 2. The van der Waals surface area contributed by atoms with Crippen molar-refractivity contribution in [3.63, 3.8) is 0 Å². The van der Waals surface area contributed by atoms with E-state index in [2.05, 4.69) is 20.6 Å². The van der Waals surface area contributed by atoms with Gasteiger partial charge in [-0.05, 0) is 44.5 Å². The normalized spacial score (nSPS) is 10.3. The summed E-state index contributed by atoms with van der Waals surface area (Å²) < 4.78 is 5.25. The molecule has 0 fully saturated rings. The Bertz CT molecular complexity index is 816. The molecule has 0 aliphatic rings. The molecule has 2 amide bonds. The van der Waals surface area contributed by atoms with Crippen molar-refractivity contribution in [1.29, 1.82) is 0 Å². The number of nitrogens with one attached hydrogen (secondary N) is 2. The Morgan fingerprint density at radius 2 is 1.77 bits per heavy atom. The molecule has 7 nitrogen and oxygen atoms in total. The molecule has 1 aromatic carbocycles. The molecular formula is C18H22N4O3S. The first-order chi connectivity index (χ1) is 12.3. The summed E-state index contributed by atoms with van der Waals surface area (Å²) in [5, 5.41) is 6.04. The lowest BCUT2D eigenvalue weighted by Gasteiger charge is -2.12. The van der Waals surface area contributed by atoms with Crippen molar-refractivity contribution in [1.82, 2.24) is 9.97 Å². The van der Waals surface area contributed by atoms with Gasteiger partial charge in [0.25, 0.3) is 0 Å². The Morgan fingerprint density at radius 1 is 1.12 bits per heavy atom. The van der Waals surface area contributed by atoms with E-state index in [4.69, 9.17) is 4.74 Å². The van der Waals surface area contributed by atoms with Gasteiger partial charge in [-0.15, -0.1) is 0 Å². The summed E-state index contributed by atoms with van der Waals surface area (Å²) in [5.74, 6) is 0.267. The maximum absolute atomic E-state index is 12.3. The topological polar surface area (TPSA) is 93.2 Å². The molecule has 0 radical (unpaired) electrons. The number of anilines is 2. The zero-order valence-corrected chi connectivity index (χ0v) is 16.3. The lowest BCUT2D eigenvalue weighted by atomic mass is 10.2. The number of ether oxygens (including phenoxy) is 1. The molecule has 2 rings (SSSR count). The second kappa shape index (κ2) is 8.66. The first-order valence-electron chi connectivity index (χ1n) is 8.00. The minimum absolute atomic E-state index is 0.162. The van der Waals surface area contributed by atoms with E-state index in [1.54, 1.807) is 18.2 Å². The molecule has 2 N–H and O–H groups in total. The Labute approximate surface area is 157 Å². The zero-order chi connectivity index (χ0) is 19.3. The second-order valence-corrected chi connectivity index (χ2v) is 6.68. The molecule has 0 aliphatic carbocycles. The van der Waals surface area contributed by atoms with E-state index in [1.807, 2.05) is 20.8 Å². The second-order valence-electron chi connectivity index (χ2n) is 5.74. The number of hydrogen-bond acceptors (Lipinski definition) is 6. The first kappa shape index (κ1) is 19.7. The Kier molecular flexibility index (Phi) is 6.57. The van der Waals surface area contributed by atoms with E-state index in [-0.39, 0.29) is 17.6 Å². The average Bonchev–Trinajstić information content (AvgIpc) is 2.57. The number of aromatic nitrogens is 2. The van der Waals surface area contributed by atoms with Gasteiger partial charge >= 0.3 is 0 Å². The largest absolute Gasteiger partial charge is 0.495 e. The quantitative estimate of drug-likeness (QED) is 0.596. The van der Waals surface area contributed by atoms with Gasteiger partial charge in [-0.3, -0.25) is 9.59 Å². The smallest absolute Gasteiger partial charge is 0.234 e. The fourth-order valence-corrected chi connectivity index (χ4v) is 2.94. The van der Waals surface area contributed by atoms with Crippen molar-refractivity contribution in [3.8, 4) is 5.75 Å². The Morgan fingerprint density at radius 3 is 2.35 bits per heavy atom. The van der Waals surface area contributed by atoms with Crippen LogP contribution < -0.4 is 15.4 Å². The number of carbonyl (C=O) groups is 2. The summed E-state index contributed by atoms with van der Waals surface area (Å²) in [6.45, 7) is 7.24. The monoisotopic (exact) mass is 374 g/mol. The van der Waals surface area contributed by atoms with E-state index in [9.17, 15) is 9.59 Å². The number of carbonyl (C=O) groups excluding carboxylic acids is 2. The number of methoxy groups -OCH3 is 1. The molecule has 0 aliphatic heterocycles. The van der Waals surface area contributed by atoms with Gasteiger partial charge in [0.15, 0.2) is 5.16 Å². The van der Waals surface area contributed by atoms with Crippen molar-refractivity contribution in [3.05, 3.63) is 35.2 Å². The van der Waals surface area contributed by atoms with Crippen LogP contribution in [0.2, 0.25) is 0 Å². The lowest BCUT2D eigenvalue weighted by Crippen LogP contribution is -2.16. The molecule has 8 heteroatoms. The highest BCUT2D eigenvalue weighted by Gasteiger charge is 2.12. The van der Waals surface area contributed by atoms with E-state index < -0.39 is 0 Å². The van der Waals surface area contributed by atoms with Crippen LogP contribution >= 0.6 is 11.8 Å². The zero-order valence-electron chi connectivity index (χ0n) is 15.5. The molecule has 0 unspecified atom stereocenters. The highest BCUT2D eigenvalue weighted by molar-refractivity contribution is 7.99. The molecule has 1 heterocycles. The Hall–Kier alpha value is -2.61. The fourth-order valence-electron chi connectivity index (χ4n) is 2.21. The lowest BCUT2D eigenvalue weighted by molar-refractivity contribution is -0.114. The van der Waals surface area contributed by atoms with E-state index in [0.29, 0.717) is 22.3 Å². The molecule has 0 atom stereocenters. The molecule has 26 heavy (non-hydrogen) atoms. The standard InChI is InChI=1S/C18H22N4O3S/c1-10-11(2)19-18(20-12(10)3)26-9-17(24)22-15-8-14(21-13(4)23)6-7-16(15)25-5/h6-8H,9H2,1-5H3,(H,21,23)(H,22,24). The predicted molar refractivity (Wildman–Crippen MR) is 103 cm³/mol. The van der Waals surface area contributed by atoms with Gasteiger partial charge in [0.1, 0.15) is 5.75 Å². The number of nitrogens with zero attached hydrogens (tertiary/aromatic N) is 2. The first-order valence-corrected chi connectivity index (χ1v) is 8.99. The van der Waals surface area contributed by atoms with Crippen LogP contribution in [0.15, 0.2) is 23.4 Å². The van der Waals surface area contributed by atoms with Crippen LogP contribution in [0.3, 0.4) is 0 Å². The van der Waals surface area contributed by atoms with Crippen LogP contribution in [0.5, 0.6) is 5.75 Å². The number of rotatable bonds is 6. The summed E-state index contributed by atoms with van der Waals surface area (Å²) in [5.41, 5.74) is 3.93. The van der Waals surface area contributed by atoms with Crippen LogP contribution in [0.4, 0.5) is 11.4 Å². The van der Waals surface area contributed by atoms with Gasteiger partial charge < -0.3 is 15.4 Å². The number of thioether (sulfide) groups is 1.